The van der Waals surface area contributed by atoms with Gasteiger partial charge in [0.25, 0.3) is 0 Å². The first kappa shape index (κ1) is 18.8. The molecule has 0 saturated heterocycles. The predicted octanol–water partition coefficient (Wildman–Crippen LogP) is 4.96. The second-order valence-electron chi connectivity index (χ2n) is 6.64. The van der Waals surface area contributed by atoms with Crippen molar-refractivity contribution in [2.24, 2.45) is 0 Å². The van der Waals surface area contributed by atoms with E-state index in [1.807, 2.05) is 0 Å². The third-order valence-electron chi connectivity index (χ3n) is 3.46. The summed E-state index contributed by atoms with van der Waals surface area (Å²) in [5.74, 6) is -0.491. The number of carbonyl (C=O) groups excluding carboxylic acids is 1. The Balaban J connectivity index is 2.42. The van der Waals surface area contributed by atoms with E-state index in [9.17, 15) is 9.90 Å². The molecule has 0 aromatic heterocycles. The summed E-state index contributed by atoms with van der Waals surface area (Å²) in [7, 11) is 0. The highest BCUT2D eigenvalue weighted by molar-refractivity contribution is 6.30. The Morgan fingerprint density at radius 1 is 0.917 bits per heavy atom. The van der Waals surface area contributed by atoms with E-state index in [2.05, 4.69) is 0 Å². The standard InChI is InChI=1S/C19H20Cl2O3/c1-18(2,3)24-17(22)12-19(23,13-4-8-15(20)9-5-13)14-6-10-16(21)11-7-14/h4-11,23H,12H2,1-3H3. The summed E-state index contributed by atoms with van der Waals surface area (Å²) in [5.41, 5.74) is -1.05. The van der Waals surface area contributed by atoms with Crippen LogP contribution in [-0.4, -0.2) is 16.7 Å². The molecule has 24 heavy (non-hydrogen) atoms. The van der Waals surface area contributed by atoms with Crippen molar-refractivity contribution in [1.29, 1.82) is 0 Å². The highest BCUT2D eigenvalue weighted by atomic mass is 35.5. The van der Waals surface area contributed by atoms with Crippen LogP contribution in [0.4, 0.5) is 0 Å². The SMILES string of the molecule is CC(C)(C)OC(=O)CC(O)(c1ccc(Cl)cc1)c1ccc(Cl)cc1. The van der Waals surface area contributed by atoms with Crippen LogP contribution in [0.2, 0.25) is 10.0 Å². The first-order chi connectivity index (χ1) is 11.1. The van der Waals surface area contributed by atoms with Gasteiger partial charge in [-0.3, -0.25) is 4.79 Å². The number of carbonyl (C=O) groups is 1. The van der Waals surface area contributed by atoms with Gasteiger partial charge in [0, 0.05) is 10.0 Å². The first-order valence-electron chi connectivity index (χ1n) is 7.56. The van der Waals surface area contributed by atoms with Crippen LogP contribution in [0.25, 0.3) is 0 Å². The second kappa shape index (κ2) is 7.14. The molecule has 0 radical (unpaired) electrons. The van der Waals surface area contributed by atoms with Crippen LogP contribution < -0.4 is 0 Å². The average molecular weight is 367 g/mol. The Morgan fingerprint density at radius 3 is 1.62 bits per heavy atom. The van der Waals surface area contributed by atoms with Gasteiger partial charge in [0.1, 0.15) is 11.2 Å². The Bertz CT molecular complexity index is 655. The van der Waals surface area contributed by atoms with Crippen molar-refractivity contribution in [2.45, 2.75) is 38.4 Å². The molecule has 128 valence electrons. The lowest BCUT2D eigenvalue weighted by atomic mass is 9.83. The van der Waals surface area contributed by atoms with E-state index in [1.165, 1.54) is 0 Å². The molecule has 0 fully saturated rings. The van der Waals surface area contributed by atoms with Gasteiger partial charge in [-0.2, -0.15) is 0 Å². The van der Waals surface area contributed by atoms with Crippen LogP contribution >= 0.6 is 23.2 Å². The molecule has 2 aromatic rings. The normalized spacial score (nSPS) is 12.1. The summed E-state index contributed by atoms with van der Waals surface area (Å²) in [6.07, 6.45) is -0.215. The van der Waals surface area contributed by atoms with E-state index in [0.29, 0.717) is 21.2 Å². The average Bonchev–Trinajstić information content (AvgIpc) is 2.46. The molecule has 0 unspecified atom stereocenters. The number of aliphatic hydroxyl groups is 1. The molecular weight excluding hydrogens is 347 g/mol. The van der Waals surface area contributed by atoms with Gasteiger partial charge in [-0.1, -0.05) is 47.5 Å². The fraction of sp³-hybridized carbons (Fsp3) is 0.316. The van der Waals surface area contributed by atoms with Crippen molar-refractivity contribution in [3.8, 4) is 0 Å². The molecule has 0 amide bonds. The van der Waals surface area contributed by atoms with Gasteiger partial charge in [-0.05, 0) is 56.2 Å². The molecule has 0 heterocycles. The lowest BCUT2D eigenvalue weighted by Gasteiger charge is -2.30. The molecule has 0 aliphatic heterocycles. The highest BCUT2D eigenvalue weighted by Crippen LogP contribution is 2.35. The van der Waals surface area contributed by atoms with E-state index in [0.717, 1.165) is 0 Å². The topological polar surface area (TPSA) is 46.5 Å². The van der Waals surface area contributed by atoms with Crippen LogP contribution in [0.5, 0.6) is 0 Å². The Kier molecular flexibility index (Phi) is 5.59. The maximum atomic E-state index is 12.3. The molecule has 3 nitrogen and oxygen atoms in total. The molecule has 2 aromatic carbocycles. The van der Waals surface area contributed by atoms with Crippen LogP contribution in [0.15, 0.2) is 48.5 Å². The molecule has 0 bridgehead atoms. The molecule has 0 aliphatic carbocycles. The minimum absolute atomic E-state index is 0.215. The fourth-order valence-corrected chi connectivity index (χ4v) is 2.66. The smallest absolute Gasteiger partial charge is 0.309 e. The van der Waals surface area contributed by atoms with Crippen LogP contribution in [0.3, 0.4) is 0 Å². The summed E-state index contributed by atoms with van der Waals surface area (Å²) in [4.78, 5) is 12.3. The van der Waals surface area contributed by atoms with Crippen molar-refractivity contribution in [1.82, 2.24) is 0 Å². The van der Waals surface area contributed by atoms with E-state index in [4.69, 9.17) is 27.9 Å². The molecule has 1 N–H and O–H groups in total. The van der Waals surface area contributed by atoms with E-state index in [1.54, 1.807) is 69.3 Å². The van der Waals surface area contributed by atoms with Gasteiger partial charge >= 0.3 is 5.97 Å². The summed E-state index contributed by atoms with van der Waals surface area (Å²) in [6.45, 7) is 5.36. The summed E-state index contributed by atoms with van der Waals surface area (Å²) < 4.78 is 5.37. The van der Waals surface area contributed by atoms with Crippen molar-refractivity contribution >= 4 is 29.2 Å². The van der Waals surface area contributed by atoms with Crippen molar-refractivity contribution < 1.29 is 14.6 Å². The molecule has 0 spiro atoms. The van der Waals surface area contributed by atoms with Gasteiger partial charge in [0.2, 0.25) is 0 Å². The van der Waals surface area contributed by atoms with Crippen molar-refractivity contribution in [3.63, 3.8) is 0 Å². The zero-order chi connectivity index (χ0) is 18.0. The number of rotatable bonds is 4. The molecule has 0 atom stereocenters. The Labute approximate surface area is 152 Å². The summed E-state index contributed by atoms with van der Waals surface area (Å²) in [6, 6.07) is 13.5. The fourth-order valence-electron chi connectivity index (χ4n) is 2.41. The quantitative estimate of drug-likeness (QED) is 0.777. The van der Waals surface area contributed by atoms with Gasteiger partial charge in [0.15, 0.2) is 0 Å². The summed E-state index contributed by atoms with van der Waals surface area (Å²) >= 11 is 11.9. The maximum absolute atomic E-state index is 12.3. The number of esters is 1. The number of hydrogen-bond acceptors (Lipinski definition) is 3. The molecule has 5 heteroatoms. The zero-order valence-electron chi connectivity index (χ0n) is 13.8. The van der Waals surface area contributed by atoms with Crippen LogP contribution in [0.1, 0.15) is 38.3 Å². The Hall–Kier alpha value is -1.55. The highest BCUT2D eigenvalue weighted by Gasteiger charge is 2.36. The maximum Gasteiger partial charge on any atom is 0.309 e. The third-order valence-corrected chi connectivity index (χ3v) is 3.97. The van der Waals surface area contributed by atoms with Crippen molar-refractivity contribution in [2.75, 3.05) is 0 Å². The van der Waals surface area contributed by atoms with Gasteiger partial charge in [0.05, 0.1) is 6.42 Å². The third kappa shape index (κ3) is 4.73. The Morgan fingerprint density at radius 2 is 1.29 bits per heavy atom. The molecular formula is C19H20Cl2O3. The minimum Gasteiger partial charge on any atom is -0.460 e. The number of hydrogen-bond donors (Lipinski definition) is 1. The van der Waals surface area contributed by atoms with Gasteiger partial charge < -0.3 is 9.84 Å². The van der Waals surface area contributed by atoms with E-state index in [-0.39, 0.29) is 6.42 Å². The molecule has 0 aliphatic rings. The monoisotopic (exact) mass is 366 g/mol. The van der Waals surface area contributed by atoms with Crippen LogP contribution in [-0.2, 0) is 15.1 Å². The largest absolute Gasteiger partial charge is 0.460 e. The minimum atomic E-state index is -1.53. The number of halogens is 2. The predicted molar refractivity (Wildman–Crippen MR) is 96.4 cm³/mol. The number of ether oxygens (including phenoxy) is 1. The molecule has 0 saturated carbocycles. The summed E-state index contributed by atoms with van der Waals surface area (Å²) in [5, 5.41) is 12.4. The first-order valence-corrected chi connectivity index (χ1v) is 8.32. The second-order valence-corrected chi connectivity index (χ2v) is 7.51. The van der Waals surface area contributed by atoms with E-state index < -0.39 is 17.2 Å². The molecule has 2 rings (SSSR count). The van der Waals surface area contributed by atoms with E-state index >= 15 is 0 Å². The lowest BCUT2D eigenvalue weighted by Crippen LogP contribution is -2.34. The lowest BCUT2D eigenvalue weighted by molar-refractivity contribution is -0.159. The van der Waals surface area contributed by atoms with Crippen LogP contribution in [0, 0.1) is 0 Å². The number of benzene rings is 2. The van der Waals surface area contributed by atoms with Gasteiger partial charge in [-0.25, -0.2) is 0 Å². The zero-order valence-corrected chi connectivity index (χ0v) is 15.4. The van der Waals surface area contributed by atoms with Crippen molar-refractivity contribution in [3.05, 3.63) is 69.7 Å². The van der Waals surface area contributed by atoms with Gasteiger partial charge in [-0.15, -0.1) is 0 Å².